The molecule has 2 N–H and O–H groups in total. The van der Waals surface area contributed by atoms with Crippen molar-refractivity contribution in [1.29, 1.82) is 0 Å². The molecule has 7 heteroatoms. The Bertz CT molecular complexity index is 673. The molecule has 22 heavy (non-hydrogen) atoms. The lowest BCUT2D eigenvalue weighted by Crippen LogP contribution is -2.28. The number of carboxylic acids is 1. The third kappa shape index (κ3) is 3.83. The second-order valence-corrected chi connectivity index (χ2v) is 5.30. The van der Waals surface area contributed by atoms with Crippen LogP contribution < -0.4 is 5.32 Å². The van der Waals surface area contributed by atoms with Gasteiger partial charge in [-0.05, 0) is 18.2 Å². The molecule has 0 unspecified atom stereocenters. The molecule has 0 fully saturated rings. The average Bonchev–Trinajstić information content (AvgIpc) is 3.25. The summed E-state index contributed by atoms with van der Waals surface area (Å²) in [5.41, 5.74) is -0.317. The van der Waals surface area contributed by atoms with Crippen molar-refractivity contribution in [3.05, 3.63) is 34.3 Å². The van der Waals surface area contributed by atoms with Gasteiger partial charge in [-0.25, -0.2) is 4.79 Å². The predicted molar refractivity (Wildman–Crippen MR) is 81.0 cm³/mol. The fourth-order valence-corrected chi connectivity index (χ4v) is 2.18. The quantitative estimate of drug-likeness (QED) is 0.757. The Balaban J connectivity index is 1.89. The number of aromatic carboxylic acids is 1. The Hall–Kier alpha value is -2.39. The minimum absolute atomic E-state index is 0.0906. The molecule has 114 valence electrons. The molecule has 2 rings (SSSR count). The highest BCUT2D eigenvalue weighted by molar-refractivity contribution is 6.33. The van der Waals surface area contributed by atoms with Crippen LogP contribution in [0.5, 0.6) is 0 Å². The van der Waals surface area contributed by atoms with Gasteiger partial charge in [-0.15, -0.1) is 12.3 Å². The number of nitrogens with one attached hydrogen (secondary N) is 1. The molecule has 0 radical (unpaired) electrons. The molecule has 0 aromatic heterocycles. The first-order chi connectivity index (χ1) is 10.5. The first kappa shape index (κ1) is 16.0. The highest BCUT2D eigenvalue weighted by atomic mass is 35.5. The Kier molecular flexibility index (Phi) is 4.78. The van der Waals surface area contributed by atoms with Gasteiger partial charge in [-0.3, -0.25) is 4.79 Å². The summed E-state index contributed by atoms with van der Waals surface area (Å²) in [4.78, 5) is 23.0. The number of hydrogen-bond acceptors (Lipinski definition) is 4. The minimum atomic E-state index is -1.18. The fraction of sp³-hybridized carbons (Fsp3) is 0.333. The van der Waals surface area contributed by atoms with Gasteiger partial charge in [0.15, 0.2) is 5.66 Å². The van der Waals surface area contributed by atoms with Gasteiger partial charge in [0.1, 0.15) is 0 Å². The number of carboxylic acid groups (broad SMARTS) is 1. The van der Waals surface area contributed by atoms with Crippen molar-refractivity contribution in [2.45, 2.75) is 24.9 Å². The molecule has 1 aliphatic heterocycles. The largest absolute Gasteiger partial charge is 0.478 e. The number of nitrogens with zero attached hydrogens (tertiary/aromatic N) is 2. The van der Waals surface area contributed by atoms with Crippen molar-refractivity contribution in [2.75, 3.05) is 6.54 Å². The van der Waals surface area contributed by atoms with Gasteiger partial charge in [-0.2, -0.15) is 10.2 Å². The first-order valence-electron chi connectivity index (χ1n) is 6.66. The van der Waals surface area contributed by atoms with Crippen LogP contribution in [0, 0.1) is 12.3 Å². The van der Waals surface area contributed by atoms with Crippen LogP contribution in [0.2, 0.25) is 5.02 Å². The molecular weight excluding hydrogens is 306 g/mol. The molecule has 1 aliphatic rings. The van der Waals surface area contributed by atoms with Crippen LogP contribution in [0.15, 0.2) is 28.4 Å². The summed E-state index contributed by atoms with van der Waals surface area (Å²) in [6.45, 7) is 0.376. The zero-order valence-electron chi connectivity index (χ0n) is 11.7. The Morgan fingerprint density at radius 3 is 2.68 bits per heavy atom. The summed E-state index contributed by atoms with van der Waals surface area (Å²) in [6, 6.07) is 4.12. The van der Waals surface area contributed by atoms with E-state index in [1.54, 1.807) is 0 Å². The molecular formula is C15H14ClN3O3. The normalized spacial score (nSPS) is 14.2. The summed E-state index contributed by atoms with van der Waals surface area (Å²) in [7, 11) is 0. The standard InChI is InChI=1S/C15H14ClN3O3/c1-2-3-6-15(18-19-15)7-8-17-13(20)10-4-5-12(16)11(9-10)14(21)22/h1,4-5,9H,3,6-8H2,(H,17,20)(H,21,22). The number of rotatable bonds is 7. The number of carbonyl (C=O) groups is 2. The van der Waals surface area contributed by atoms with Gasteiger partial charge < -0.3 is 10.4 Å². The van der Waals surface area contributed by atoms with E-state index in [-0.39, 0.29) is 22.1 Å². The van der Waals surface area contributed by atoms with Crippen LogP contribution in [-0.4, -0.2) is 29.2 Å². The SMILES string of the molecule is C#CCCC1(CCNC(=O)c2ccc(Cl)c(C(=O)O)c2)N=N1. The van der Waals surface area contributed by atoms with Crippen LogP contribution in [0.1, 0.15) is 40.0 Å². The summed E-state index contributed by atoms with van der Waals surface area (Å²) >= 11 is 5.76. The molecule has 6 nitrogen and oxygen atoms in total. The maximum Gasteiger partial charge on any atom is 0.337 e. The Morgan fingerprint density at radius 1 is 1.36 bits per heavy atom. The van der Waals surface area contributed by atoms with E-state index in [2.05, 4.69) is 21.5 Å². The number of amides is 1. The van der Waals surface area contributed by atoms with Crippen molar-refractivity contribution in [3.63, 3.8) is 0 Å². The second-order valence-electron chi connectivity index (χ2n) is 4.89. The molecule has 1 aromatic carbocycles. The molecule has 0 atom stereocenters. The van der Waals surface area contributed by atoms with E-state index in [4.69, 9.17) is 23.1 Å². The lowest BCUT2D eigenvalue weighted by molar-refractivity contribution is 0.0697. The fourth-order valence-electron chi connectivity index (χ4n) is 1.98. The summed E-state index contributed by atoms with van der Waals surface area (Å²) in [6.07, 6.45) is 7.03. The Morgan fingerprint density at radius 2 is 2.09 bits per heavy atom. The van der Waals surface area contributed by atoms with E-state index < -0.39 is 11.6 Å². The lowest BCUT2D eigenvalue weighted by atomic mass is 10.0. The zero-order chi connectivity index (χ0) is 16.2. The van der Waals surface area contributed by atoms with E-state index in [1.807, 2.05) is 0 Å². The van der Waals surface area contributed by atoms with Crippen LogP contribution >= 0.6 is 11.6 Å². The van der Waals surface area contributed by atoms with Crippen molar-refractivity contribution in [3.8, 4) is 12.3 Å². The van der Waals surface area contributed by atoms with Crippen molar-refractivity contribution >= 4 is 23.5 Å². The number of carbonyl (C=O) groups excluding carboxylic acids is 1. The number of benzene rings is 1. The van der Waals surface area contributed by atoms with Crippen LogP contribution in [-0.2, 0) is 0 Å². The van der Waals surface area contributed by atoms with Crippen molar-refractivity contribution in [1.82, 2.24) is 5.32 Å². The van der Waals surface area contributed by atoms with Gasteiger partial charge in [0, 0.05) is 31.4 Å². The van der Waals surface area contributed by atoms with E-state index >= 15 is 0 Å². The second kappa shape index (κ2) is 6.58. The molecule has 1 aromatic rings. The monoisotopic (exact) mass is 319 g/mol. The van der Waals surface area contributed by atoms with Gasteiger partial charge in [0.25, 0.3) is 5.91 Å². The molecule has 0 spiro atoms. The molecule has 0 aliphatic carbocycles. The molecule has 1 heterocycles. The summed E-state index contributed by atoms with van der Waals surface area (Å²) < 4.78 is 0. The van der Waals surface area contributed by atoms with Crippen LogP contribution in [0.4, 0.5) is 0 Å². The topological polar surface area (TPSA) is 91.1 Å². The van der Waals surface area contributed by atoms with Crippen LogP contribution in [0.3, 0.4) is 0 Å². The zero-order valence-corrected chi connectivity index (χ0v) is 12.4. The Labute approximate surface area is 132 Å². The highest BCUT2D eigenvalue weighted by Gasteiger charge is 2.38. The van der Waals surface area contributed by atoms with E-state index in [0.29, 0.717) is 25.8 Å². The third-order valence-electron chi connectivity index (χ3n) is 3.32. The first-order valence-corrected chi connectivity index (χ1v) is 7.04. The van der Waals surface area contributed by atoms with E-state index in [0.717, 1.165) is 0 Å². The average molecular weight is 320 g/mol. The minimum Gasteiger partial charge on any atom is -0.478 e. The number of halogens is 1. The molecule has 0 saturated carbocycles. The number of terminal acetylenes is 1. The summed E-state index contributed by atoms with van der Waals surface area (Å²) in [5, 5.41) is 19.7. The maximum atomic E-state index is 12.0. The van der Waals surface area contributed by atoms with Gasteiger partial charge in [-0.1, -0.05) is 11.6 Å². The number of hydrogen-bond donors (Lipinski definition) is 2. The third-order valence-corrected chi connectivity index (χ3v) is 3.65. The van der Waals surface area contributed by atoms with E-state index in [1.165, 1.54) is 18.2 Å². The predicted octanol–water partition coefficient (Wildman–Crippen LogP) is 2.73. The molecule has 0 saturated heterocycles. The van der Waals surface area contributed by atoms with E-state index in [9.17, 15) is 9.59 Å². The lowest BCUT2D eigenvalue weighted by Gasteiger charge is -2.10. The molecule has 1 amide bonds. The summed E-state index contributed by atoms with van der Waals surface area (Å²) in [5.74, 6) is 0.990. The smallest absolute Gasteiger partial charge is 0.337 e. The van der Waals surface area contributed by atoms with Gasteiger partial charge >= 0.3 is 5.97 Å². The maximum absolute atomic E-state index is 12.0. The van der Waals surface area contributed by atoms with Crippen molar-refractivity contribution in [2.24, 2.45) is 10.2 Å². The molecule has 0 bridgehead atoms. The highest BCUT2D eigenvalue weighted by Crippen LogP contribution is 2.36. The van der Waals surface area contributed by atoms with Gasteiger partial charge in [0.2, 0.25) is 0 Å². The van der Waals surface area contributed by atoms with Crippen molar-refractivity contribution < 1.29 is 14.7 Å². The van der Waals surface area contributed by atoms with Gasteiger partial charge in [0.05, 0.1) is 10.6 Å². The van der Waals surface area contributed by atoms with Crippen LogP contribution in [0.25, 0.3) is 0 Å².